The number of amides is 1. The van der Waals surface area contributed by atoms with Gasteiger partial charge in [-0.3, -0.25) is 4.79 Å². The van der Waals surface area contributed by atoms with Gasteiger partial charge in [0, 0.05) is 34.8 Å². The van der Waals surface area contributed by atoms with Gasteiger partial charge in [0.2, 0.25) is 0 Å². The number of hydrogen-bond acceptors (Lipinski definition) is 3. The number of Topliss-reactive ketones (excluding diaryl/α,β-unsaturated/α-hetero) is 1. The van der Waals surface area contributed by atoms with Gasteiger partial charge in [-0.05, 0) is 46.3 Å². The number of carbonyl (C=O) groups is 2. The minimum atomic E-state index is -3.65. The van der Waals surface area contributed by atoms with Crippen molar-refractivity contribution in [1.82, 2.24) is 4.90 Å². The van der Waals surface area contributed by atoms with Crippen LogP contribution in [0.4, 0.5) is 4.79 Å². The Labute approximate surface area is 125 Å². The fraction of sp³-hybridized carbons (Fsp3) is 0.857. The number of hydrogen-bond donors (Lipinski definition) is 0. The molecule has 0 aromatic rings. The third-order valence-electron chi connectivity index (χ3n) is 2.57. The molecule has 0 radical (unpaired) electrons. The summed E-state index contributed by atoms with van der Waals surface area (Å²) in [5.41, 5.74) is -8.05. The van der Waals surface area contributed by atoms with Crippen LogP contribution in [0.25, 0.3) is 0 Å². The predicted molar refractivity (Wildman–Crippen MR) is 66.1 cm³/mol. The third kappa shape index (κ3) is 1.82. The second kappa shape index (κ2) is 3.28. The Morgan fingerprint density at radius 2 is 1.67 bits per heavy atom. The Morgan fingerprint density at radius 3 is 2.00 bits per heavy atom. The van der Waals surface area contributed by atoms with E-state index in [1.165, 1.54) is 20.8 Å². The normalized spacial score (nSPS) is 54.2. The maximum atomic E-state index is 13.4. The Hall–Kier alpha value is -1.06. The molecular formula is C14H21NO3. The summed E-state index contributed by atoms with van der Waals surface area (Å²) in [4.78, 5) is 25.9. The Morgan fingerprint density at radius 1 is 1.22 bits per heavy atom. The monoisotopic (exact) mass is 263 g/mol. The van der Waals surface area contributed by atoms with Gasteiger partial charge in [0.15, 0.2) is 0 Å². The molecule has 2 spiro atoms. The van der Waals surface area contributed by atoms with Crippen LogP contribution < -0.4 is 0 Å². The molecule has 4 nitrogen and oxygen atoms in total. The fourth-order valence-electron chi connectivity index (χ4n) is 1.61. The van der Waals surface area contributed by atoms with E-state index in [2.05, 4.69) is 0 Å². The van der Waals surface area contributed by atoms with Crippen LogP contribution in [0.3, 0.4) is 0 Å². The average Bonchev–Trinajstić information content (AvgIpc) is 2.98. The van der Waals surface area contributed by atoms with Gasteiger partial charge in [-0.25, -0.2) is 4.79 Å². The van der Waals surface area contributed by atoms with Crippen molar-refractivity contribution in [3.63, 3.8) is 0 Å². The number of carbonyl (C=O) groups excluding carboxylic acids is 2. The number of likely N-dealkylation sites (tertiary alicyclic amines) is 1. The van der Waals surface area contributed by atoms with E-state index in [0.29, 0.717) is 0 Å². The number of ether oxygens (including phenoxy) is 1. The number of rotatable bonds is 0. The van der Waals surface area contributed by atoms with Crippen LogP contribution in [0, 0.1) is 10.8 Å². The van der Waals surface area contributed by atoms with E-state index >= 15 is 0 Å². The molecule has 0 atom stereocenters. The molecule has 1 saturated heterocycles. The second-order valence-corrected chi connectivity index (χ2v) is 5.37. The van der Waals surface area contributed by atoms with E-state index in [1.807, 2.05) is 0 Å². The Kier molecular flexibility index (Phi) is 0.819. The minimum Gasteiger partial charge on any atom is -0.444 e. The van der Waals surface area contributed by atoms with Crippen molar-refractivity contribution in [3.8, 4) is 0 Å². The molecule has 1 aliphatic heterocycles. The molecule has 3 aliphatic rings. The lowest BCUT2D eigenvalue weighted by molar-refractivity contribution is -0.134. The minimum absolute atomic E-state index is 0.335. The van der Waals surface area contributed by atoms with Crippen molar-refractivity contribution in [2.75, 3.05) is 13.0 Å². The summed E-state index contributed by atoms with van der Waals surface area (Å²) in [6.45, 7) is -3.21. The zero-order valence-corrected chi connectivity index (χ0v) is 10.2. The quantitative estimate of drug-likeness (QED) is 0.674. The molecule has 1 heterocycles. The number of ketones is 1. The van der Waals surface area contributed by atoms with Crippen molar-refractivity contribution in [2.24, 2.45) is 10.8 Å². The van der Waals surface area contributed by atoms with E-state index in [4.69, 9.17) is 21.2 Å². The van der Waals surface area contributed by atoms with E-state index in [-0.39, 0.29) is 4.90 Å². The molecule has 3 fully saturated rings. The zero-order chi connectivity index (χ0) is 23.9. The fourth-order valence-corrected chi connectivity index (χ4v) is 1.61. The zero-order valence-electron chi connectivity index (χ0n) is 22.2. The van der Waals surface area contributed by atoms with Gasteiger partial charge < -0.3 is 9.64 Å². The molecular weight excluding hydrogens is 230 g/mol. The maximum absolute atomic E-state index is 13.4. The standard InChI is InChI=1S/C14H21NO3/c1-12(2,3)18-11(17)15-8-13(4-5-13)10(16)14(9-15)6-7-14/h4-9H2,1-3H3/i4D2,5D2,6D2,7D2,8D2,9D2. The highest BCUT2D eigenvalue weighted by molar-refractivity contribution is 5.96. The topological polar surface area (TPSA) is 46.6 Å². The van der Waals surface area contributed by atoms with E-state index in [0.717, 1.165) is 0 Å². The summed E-state index contributed by atoms with van der Waals surface area (Å²) in [5.74, 6) is -1.91. The van der Waals surface area contributed by atoms with E-state index < -0.39 is 66.8 Å². The lowest BCUT2D eigenvalue weighted by Crippen LogP contribution is -2.52. The third-order valence-corrected chi connectivity index (χ3v) is 2.57. The lowest BCUT2D eigenvalue weighted by atomic mass is 9.83. The second-order valence-electron chi connectivity index (χ2n) is 5.37. The van der Waals surface area contributed by atoms with Gasteiger partial charge in [0.25, 0.3) is 0 Å². The molecule has 2 saturated carbocycles. The van der Waals surface area contributed by atoms with Gasteiger partial charge in [0.05, 0.1) is 5.48 Å². The maximum Gasteiger partial charge on any atom is 0.410 e. The van der Waals surface area contributed by atoms with Crippen LogP contribution in [0.5, 0.6) is 0 Å². The number of piperidine rings is 1. The molecule has 3 rings (SSSR count). The first kappa shape index (κ1) is 4.50. The first-order valence-corrected chi connectivity index (χ1v) is 5.49. The molecule has 18 heavy (non-hydrogen) atoms. The predicted octanol–water partition coefficient (Wildman–Crippen LogP) is 2.37. The van der Waals surface area contributed by atoms with Crippen molar-refractivity contribution in [3.05, 3.63) is 0 Å². The average molecular weight is 263 g/mol. The summed E-state index contributed by atoms with van der Waals surface area (Å²) in [6, 6.07) is 0. The van der Waals surface area contributed by atoms with Crippen LogP contribution in [0.1, 0.15) is 62.7 Å². The molecule has 0 bridgehead atoms. The van der Waals surface area contributed by atoms with Gasteiger partial charge in [-0.2, -0.15) is 0 Å². The van der Waals surface area contributed by atoms with Crippen molar-refractivity contribution < 1.29 is 30.8 Å². The highest BCUT2D eigenvalue weighted by Gasteiger charge is 2.66. The summed E-state index contributed by atoms with van der Waals surface area (Å²) in [6.07, 6.45) is -14.9. The van der Waals surface area contributed by atoms with Crippen LogP contribution in [0.2, 0.25) is 0 Å². The van der Waals surface area contributed by atoms with Crippen LogP contribution in [-0.4, -0.2) is 35.4 Å². The summed E-state index contributed by atoms with van der Waals surface area (Å²) in [5, 5.41) is 0. The number of nitrogens with zero attached hydrogens (tertiary/aromatic N) is 1. The van der Waals surface area contributed by atoms with Crippen molar-refractivity contribution in [2.45, 2.75) is 51.9 Å². The summed E-state index contributed by atoms with van der Waals surface area (Å²) in [7, 11) is 0. The highest BCUT2D eigenvalue weighted by Crippen LogP contribution is 2.61. The smallest absolute Gasteiger partial charge is 0.410 e. The molecule has 0 aromatic carbocycles. The van der Waals surface area contributed by atoms with Crippen LogP contribution in [0.15, 0.2) is 0 Å². The Balaban J connectivity index is 2.38. The SMILES string of the molecule is [2H]C1([2H])N(C(=O)OC(C)(C)C)C([2H])([2H])C2(C(=O)C13C([2H])([2H])C3([2H])[2H])C([2H])([2H])C2([2H])[2H]. The van der Waals surface area contributed by atoms with Gasteiger partial charge >= 0.3 is 6.09 Å². The van der Waals surface area contributed by atoms with E-state index in [9.17, 15) is 9.59 Å². The molecule has 0 unspecified atom stereocenters. The van der Waals surface area contributed by atoms with E-state index in [1.54, 1.807) is 0 Å². The Bertz CT molecular complexity index is 777. The van der Waals surface area contributed by atoms with Crippen LogP contribution >= 0.6 is 0 Å². The molecule has 1 amide bonds. The first-order chi connectivity index (χ1) is 12.9. The van der Waals surface area contributed by atoms with Gasteiger partial charge in [-0.1, -0.05) is 0 Å². The lowest BCUT2D eigenvalue weighted by Gasteiger charge is -2.38. The van der Waals surface area contributed by atoms with Crippen molar-refractivity contribution in [1.29, 1.82) is 0 Å². The van der Waals surface area contributed by atoms with Crippen LogP contribution in [-0.2, 0) is 9.53 Å². The van der Waals surface area contributed by atoms with Gasteiger partial charge in [-0.15, -0.1) is 0 Å². The molecule has 4 heteroatoms. The molecule has 0 N–H and O–H groups in total. The summed E-state index contributed by atoms with van der Waals surface area (Å²) >= 11 is 0. The summed E-state index contributed by atoms with van der Waals surface area (Å²) < 4.78 is 102. The highest BCUT2D eigenvalue weighted by atomic mass is 16.6. The molecule has 100 valence electrons. The van der Waals surface area contributed by atoms with Crippen molar-refractivity contribution >= 4 is 11.9 Å². The first-order valence-electron chi connectivity index (χ1n) is 11.5. The van der Waals surface area contributed by atoms with Gasteiger partial charge in [0.1, 0.15) is 11.4 Å². The molecule has 0 aromatic heterocycles. The largest absolute Gasteiger partial charge is 0.444 e. The molecule has 2 aliphatic carbocycles.